The van der Waals surface area contributed by atoms with E-state index in [0.717, 1.165) is 61.7 Å². The summed E-state index contributed by atoms with van der Waals surface area (Å²) >= 11 is 3.65. The van der Waals surface area contributed by atoms with E-state index in [2.05, 4.69) is 26.9 Å². The van der Waals surface area contributed by atoms with Crippen molar-refractivity contribution in [3.8, 4) is 11.5 Å². The van der Waals surface area contributed by atoms with E-state index in [1.165, 1.54) is 5.56 Å². The van der Waals surface area contributed by atoms with Gasteiger partial charge in [-0.15, -0.1) is 0 Å². The first-order valence-electron chi connectivity index (χ1n) is 8.08. The molecule has 0 aromatic heterocycles. The maximum absolute atomic E-state index is 5.64. The van der Waals surface area contributed by atoms with Gasteiger partial charge in [0.25, 0.3) is 0 Å². The van der Waals surface area contributed by atoms with Crippen LogP contribution in [0.25, 0.3) is 0 Å². The van der Waals surface area contributed by atoms with Crippen LogP contribution in [0.4, 0.5) is 0 Å². The van der Waals surface area contributed by atoms with E-state index < -0.39 is 0 Å². The standard InChI is InChI=1S/C17H24BrNO4/c1-20-14-4-3-13(15(18)16(14)21-2)11-19-7-5-12(6-8-19)17-22-9-10-23-17/h3-4,12,17H,5-11H2,1-2H3. The summed E-state index contributed by atoms with van der Waals surface area (Å²) in [5.74, 6) is 2.03. The highest BCUT2D eigenvalue weighted by Crippen LogP contribution is 2.38. The zero-order chi connectivity index (χ0) is 16.2. The molecule has 2 heterocycles. The number of methoxy groups -OCH3 is 2. The molecule has 2 saturated heterocycles. The lowest BCUT2D eigenvalue weighted by Gasteiger charge is -2.34. The Kier molecular flexibility index (Phi) is 5.80. The van der Waals surface area contributed by atoms with Crippen molar-refractivity contribution in [3.05, 3.63) is 22.2 Å². The van der Waals surface area contributed by atoms with Gasteiger partial charge >= 0.3 is 0 Å². The Hall–Kier alpha value is -0.820. The van der Waals surface area contributed by atoms with Crippen molar-refractivity contribution in [2.45, 2.75) is 25.7 Å². The van der Waals surface area contributed by atoms with E-state index in [-0.39, 0.29) is 6.29 Å². The van der Waals surface area contributed by atoms with Crippen molar-refractivity contribution in [1.29, 1.82) is 0 Å². The average molecular weight is 386 g/mol. The molecule has 128 valence electrons. The molecule has 1 aromatic carbocycles. The van der Waals surface area contributed by atoms with Crippen molar-refractivity contribution >= 4 is 15.9 Å². The largest absolute Gasteiger partial charge is 0.493 e. The Morgan fingerprint density at radius 1 is 1.13 bits per heavy atom. The van der Waals surface area contributed by atoms with E-state index in [0.29, 0.717) is 5.92 Å². The van der Waals surface area contributed by atoms with Gasteiger partial charge in [0.1, 0.15) is 0 Å². The van der Waals surface area contributed by atoms with Gasteiger partial charge < -0.3 is 18.9 Å². The van der Waals surface area contributed by atoms with Gasteiger partial charge in [0, 0.05) is 12.5 Å². The van der Waals surface area contributed by atoms with E-state index in [1.807, 2.05) is 6.07 Å². The number of likely N-dealkylation sites (tertiary alicyclic amines) is 1. The van der Waals surface area contributed by atoms with Gasteiger partial charge in [-0.3, -0.25) is 4.90 Å². The first kappa shape index (κ1) is 17.0. The molecule has 0 amide bonds. The minimum Gasteiger partial charge on any atom is -0.493 e. The van der Waals surface area contributed by atoms with Crippen molar-refractivity contribution in [3.63, 3.8) is 0 Å². The van der Waals surface area contributed by atoms with Gasteiger partial charge in [-0.2, -0.15) is 0 Å². The minimum absolute atomic E-state index is 0.0185. The Labute approximate surface area is 146 Å². The van der Waals surface area contributed by atoms with E-state index in [9.17, 15) is 0 Å². The third-order valence-corrected chi connectivity index (χ3v) is 5.49. The van der Waals surface area contributed by atoms with Crippen LogP contribution in [0, 0.1) is 5.92 Å². The first-order valence-corrected chi connectivity index (χ1v) is 8.87. The number of rotatable bonds is 5. The maximum Gasteiger partial charge on any atom is 0.175 e. The summed E-state index contributed by atoms with van der Waals surface area (Å²) < 4.78 is 23.1. The zero-order valence-electron chi connectivity index (χ0n) is 13.7. The lowest BCUT2D eigenvalue weighted by Crippen LogP contribution is -2.37. The summed E-state index contributed by atoms with van der Waals surface area (Å²) in [6.45, 7) is 4.51. The minimum atomic E-state index is 0.0185. The second-order valence-corrected chi connectivity index (χ2v) is 6.79. The summed E-state index contributed by atoms with van der Waals surface area (Å²) in [4.78, 5) is 2.47. The Bertz CT molecular complexity index is 526. The molecule has 0 saturated carbocycles. The summed E-state index contributed by atoms with van der Waals surface area (Å²) in [7, 11) is 3.32. The molecule has 0 atom stereocenters. The van der Waals surface area contributed by atoms with Crippen LogP contribution < -0.4 is 9.47 Å². The maximum atomic E-state index is 5.64. The predicted octanol–water partition coefficient (Wildman–Crippen LogP) is 3.05. The van der Waals surface area contributed by atoms with E-state index >= 15 is 0 Å². The number of hydrogen-bond acceptors (Lipinski definition) is 5. The highest BCUT2D eigenvalue weighted by atomic mass is 79.9. The van der Waals surface area contributed by atoms with Crippen molar-refractivity contribution in [2.75, 3.05) is 40.5 Å². The molecule has 0 bridgehead atoms. The molecule has 2 aliphatic rings. The molecule has 0 spiro atoms. The molecule has 5 nitrogen and oxygen atoms in total. The summed E-state index contributed by atoms with van der Waals surface area (Å²) in [6, 6.07) is 4.06. The highest BCUT2D eigenvalue weighted by molar-refractivity contribution is 9.10. The molecular formula is C17H24BrNO4. The Morgan fingerprint density at radius 3 is 2.43 bits per heavy atom. The molecule has 0 unspecified atom stereocenters. The Balaban J connectivity index is 1.60. The third kappa shape index (κ3) is 3.82. The molecule has 2 aliphatic heterocycles. The molecule has 3 rings (SSSR count). The lowest BCUT2D eigenvalue weighted by molar-refractivity contribution is -0.0978. The summed E-state index contributed by atoms with van der Waals surface area (Å²) in [5.41, 5.74) is 1.22. The fraction of sp³-hybridized carbons (Fsp3) is 0.647. The summed E-state index contributed by atoms with van der Waals surface area (Å²) in [5, 5.41) is 0. The van der Waals surface area contributed by atoms with Gasteiger partial charge in [-0.1, -0.05) is 6.07 Å². The molecule has 2 fully saturated rings. The fourth-order valence-electron chi connectivity index (χ4n) is 3.33. The molecule has 23 heavy (non-hydrogen) atoms. The molecule has 1 aromatic rings. The van der Waals surface area contributed by atoms with E-state index in [1.54, 1.807) is 14.2 Å². The second-order valence-electron chi connectivity index (χ2n) is 6.00. The Morgan fingerprint density at radius 2 is 1.83 bits per heavy atom. The number of piperidine rings is 1. The van der Waals surface area contributed by atoms with Crippen LogP contribution in [0.5, 0.6) is 11.5 Å². The van der Waals surface area contributed by atoms with Gasteiger partial charge in [0.15, 0.2) is 17.8 Å². The van der Waals surface area contributed by atoms with Crippen LogP contribution in [0.1, 0.15) is 18.4 Å². The normalized spacial score (nSPS) is 20.8. The number of nitrogens with zero attached hydrogens (tertiary/aromatic N) is 1. The predicted molar refractivity (Wildman–Crippen MR) is 90.9 cm³/mol. The zero-order valence-corrected chi connectivity index (χ0v) is 15.3. The van der Waals surface area contributed by atoms with Gasteiger partial charge in [-0.05, 0) is 53.5 Å². The average Bonchev–Trinajstić information content (AvgIpc) is 3.11. The molecule has 0 N–H and O–H groups in total. The van der Waals surface area contributed by atoms with Crippen LogP contribution >= 0.6 is 15.9 Å². The topological polar surface area (TPSA) is 40.2 Å². The highest BCUT2D eigenvalue weighted by Gasteiger charge is 2.30. The molecule has 0 aliphatic carbocycles. The first-order chi connectivity index (χ1) is 11.2. The van der Waals surface area contributed by atoms with E-state index in [4.69, 9.17) is 18.9 Å². The number of ether oxygens (including phenoxy) is 4. The van der Waals surface area contributed by atoms with Crippen LogP contribution in [0.3, 0.4) is 0 Å². The van der Waals surface area contributed by atoms with Crippen molar-refractivity contribution in [2.24, 2.45) is 5.92 Å². The fourth-order valence-corrected chi connectivity index (χ4v) is 3.94. The van der Waals surface area contributed by atoms with Crippen LogP contribution in [-0.2, 0) is 16.0 Å². The molecule has 0 radical (unpaired) electrons. The lowest BCUT2D eigenvalue weighted by atomic mass is 9.96. The van der Waals surface area contributed by atoms with Crippen molar-refractivity contribution < 1.29 is 18.9 Å². The third-order valence-electron chi connectivity index (χ3n) is 4.62. The van der Waals surface area contributed by atoms with Crippen LogP contribution in [-0.4, -0.2) is 51.7 Å². The van der Waals surface area contributed by atoms with Gasteiger partial charge in [0.2, 0.25) is 0 Å². The van der Waals surface area contributed by atoms with Gasteiger partial charge in [0.05, 0.1) is 31.9 Å². The SMILES string of the molecule is COc1ccc(CN2CCC(C3OCCO3)CC2)c(Br)c1OC. The number of benzene rings is 1. The smallest absolute Gasteiger partial charge is 0.175 e. The van der Waals surface area contributed by atoms with Crippen molar-refractivity contribution in [1.82, 2.24) is 4.90 Å². The molecule has 6 heteroatoms. The monoisotopic (exact) mass is 385 g/mol. The quantitative estimate of drug-likeness (QED) is 0.778. The second kappa shape index (κ2) is 7.83. The van der Waals surface area contributed by atoms with Crippen LogP contribution in [0.2, 0.25) is 0 Å². The van der Waals surface area contributed by atoms with Crippen LogP contribution in [0.15, 0.2) is 16.6 Å². The molecular weight excluding hydrogens is 362 g/mol. The number of halogens is 1. The van der Waals surface area contributed by atoms with Gasteiger partial charge in [-0.25, -0.2) is 0 Å². The summed E-state index contributed by atoms with van der Waals surface area (Å²) in [6.07, 6.45) is 2.26. The number of hydrogen-bond donors (Lipinski definition) is 0.